The van der Waals surface area contributed by atoms with Crippen molar-refractivity contribution in [3.63, 3.8) is 0 Å². The number of hydrogen-bond acceptors (Lipinski definition) is 8. The number of carboxylic acid groups (broad SMARTS) is 1. The van der Waals surface area contributed by atoms with Crippen molar-refractivity contribution in [2.75, 3.05) is 46.8 Å². The van der Waals surface area contributed by atoms with Crippen LogP contribution in [0.2, 0.25) is 0 Å². The zero-order valence-corrected chi connectivity index (χ0v) is 32.8. The van der Waals surface area contributed by atoms with E-state index in [9.17, 15) is 24.3 Å². The minimum absolute atomic E-state index is 0.0332. The molecule has 51 heavy (non-hydrogen) atoms. The van der Waals surface area contributed by atoms with Crippen molar-refractivity contribution in [2.24, 2.45) is 56.2 Å². The number of aliphatic carboxylic acids is 1. The molecule has 0 aromatic carbocycles. The van der Waals surface area contributed by atoms with Crippen LogP contribution in [0, 0.1) is 56.2 Å². The van der Waals surface area contributed by atoms with Crippen LogP contribution >= 0.6 is 0 Å². The van der Waals surface area contributed by atoms with Gasteiger partial charge in [0.25, 0.3) is 0 Å². The van der Waals surface area contributed by atoms with Gasteiger partial charge in [-0.15, -0.1) is 0 Å². The molecule has 0 aliphatic heterocycles. The molecule has 4 fully saturated rings. The van der Waals surface area contributed by atoms with Crippen molar-refractivity contribution in [1.82, 2.24) is 0 Å². The van der Waals surface area contributed by atoms with Gasteiger partial charge in [-0.3, -0.25) is 19.2 Å². The average molecular weight is 715 g/mol. The normalized spacial score (nSPS) is 39.8. The van der Waals surface area contributed by atoms with Gasteiger partial charge in [-0.05, 0) is 116 Å². The van der Waals surface area contributed by atoms with Crippen LogP contribution in [0.15, 0.2) is 11.6 Å². The Labute approximate surface area is 306 Å². The second-order valence-electron chi connectivity index (χ2n) is 18.7. The molecule has 1 N–H and O–H groups in total. The Kier molecular flexibility index (Phi) is 11.8. The number of rotatable bonds is 15. The van der Waals surface area contributed by atoms with E-state index in [1.807, 2.05) is 13.0 Å². The lowest BCUT2D eigenvalue weighted by Crippen LogP contribution is -2.66. The van der Waals surface area contributed by atoms with Gasteiger partial charge in [-0.2, -0.15) is 0 Å². The molecule has 9 nitrogen and oxygen atoms in total. The minimum atomic E-state index is -0.756. The van der Waals surface area contributed by atoms with Gasteiger partial charge in [0, 0.05) is 24.9 Å². The topological polar surface area (TPSA) is 125 Å². The minimum Gasteiger partial charge on any atom is -0.481 e. The predicted molar refractivity (Wildman–Crippen MR) is 194 cm³/mol. The summed E-state index contributed by atoms with van der Waals surface area (Å²) in [7, 11) is 1.36. The smallest absolute Gasteiger partial charge is 0.309 e. The average Bonchev–Trinajstić information content (AvgIpc) is 3.06. The summed E-state index contributed by atoms with van der Waals surface area (Å²) in [5.74, 6) is -0.198. The van der Waals surface area contributed by atoms with Crippen LogP contribution < -0.4 is 0 Å². The highest BCUT2D eigenvalue weighted by Crippen LogP contribution is 2.75. The van der Waals surface area contributed by atoms with Gasteiger partial charge in [-0.1, -0.05) is 47.1 Å². The lowest BCUT2D eigenvalue weighted by Gasteiger charge is -2.70. The van der Waals surface area contributed by atoms with Crippen molar-refractivity contribution >= 4 is 23.5 Å². The van der Waals surface area contributed by atoms with Gasteiger partial charge in [-0.25, -0.2) is 0 Å². The molecule has 0 aromatic heterocycles. The summed E-state index contributed by atoms with van der Waals surface area (Å²) in [4.78, 5) is 52.0. The molecular weight excluding hydrogens is 648 g/mol. The molecule has 0 heterocycles. The Hall–Kier alpha value is -2.10. The number of Topliss-reactive ketones (excluding diaryl/α,β-unsaturated/α-hetero) is 1. The number of carbonyl (C=O) groups excluding carboxylic acids is 3. The second-order valence-corrected chi connectivity index (χ2v) is 18.7. The Balaban J connectivity index is 1.18. The number of methoxy groups -OCH3 is 1. The summed E-state index contributed by atoms with van der Waals surface area (Å²) in [5.41, 5.74) is -0.254. The van der Waals surface area contributed by atoms with E-state index in [1.54, 1.807) is 0 Å². The first kappa shape index (κ1) is 40.1. The maximum atomic E-state index is 14.6. The monoisotopic (exact) mass is 714 g/mol. The van der Waals surface area contributed by atoms with Crippen molar-refractivity contribution in [3.8, 4) is 0 Å². The fraction of sp³-hybridized carbons (Fsp3) is 0.857. The van der Waals surface area contributed by atoms with E-state index in [-0.39, 0.29) is 68.9 Å². The van der Waals surface area contributed by atoms with Crippen molar-refractivity contribution in [2.45, 2.75) is 126 Å². The highest BCUT2D eigenvalue weighted by molar-refractivity contribution is 5.96. The Morgan fingerprint density at radius 1 is 0.784 bits per heavy atom. The molecule has 0 spiro atoms. The van der Waals surface area contributed by atoms with Crippen LogP contribution in [0.5, 0.6) is 0 Å². The largest absolute Gasteiger partial charge is 0.481 e. The van der Waals surface area contributed by atoms with Crippen LogP contribution in [0.1, 0.15) is 126 Å². The van der Waals surface area contributed by atoms with Crippen LogP contribution in [-0.2, 0) is 38.1 Å². The first-order valence-electron chi connectivity index (χ1n) is 19.7. The number of esters is 1. The molecule has 5 aliphatic rings. The lowest BCUT2D eigenvalue weighted by atomic mass is 9.33. The highest BCUT2D eigenvalue weighted by Gasteiger charge is 2.70. The first-order chi connectivity index (χ1) is 23.9. The molecule has 288 valence electrons. The van der Waals surface area contributed by atoms with Crippen LogP contribution in [0.25, 0.3) is 0 Å². The first-order valence-corrected chi connectivity index (χ1v) is 19.7. The SMILES string of the molecule is COC(=O)CCOCCOCCOCCCC(=O)[C@H]1CC[C@]2(C)[C@H]3C(=O)C=C4[C@@H]5C[C@@](C)(C(=O)O)CC[C@]5(C)CC[C@@]4(C)[C@]3(C)CC[C@H]2C1(C)C. The molecule has 0 radical (unpaired) electrons. The number of carboxylic acids is 1. The van der Waals surface area contributed by atoms with E-state index in [0.717, 1.165) is 44.9 Å². The zero-order chi connectivity index (χ0) is 37.5. The summed E-state index contributed by atoms with van der Waals surface area (Å²) < 4.78 is 21.2. The van der Waals surface area contributed by atoms with E-state index in [2.05, 4.69) is 46.3 Å². The Morgan fingerprint density at radius 2 is 1.41 bits per heavy atom. The highest BCUT2D eigenvalue weighted by atomic mass is 16.5. The molecule has 9 heteroatoms. The van der Waals surface area contributed by atoms with E-state index in [4.69, 9.17) is 14.2 Å². The van der Waals surface area contributed by atoms with Crippen LogP contribution in [0.4, 0.5) is 0 Å². The summed E-state index contributed by atoms with van der Waals surface area (Å²) in [6, 6.07) is 0. The number of ketones is 2. The maximum absolute atomic E-state index is 14.6. The van der Waals surface area contributed by atoms with Gasteiger partial charge in [0.15, 0.2) is 5.78 Å². The van der Waals surface area contributed by atoms with Gasteiger partial charge in [0.05, 0.1) is 52.0 Å². The van der Waals surface area contributed by atoms with Gasteiger partial charge in [0.2, 0.25) is 0 Å². The third kappa shape index (κ3) is 7.14. The Morgan fingerprint density at radius 3 is 2.06 bits per heavy atom. The number of carbonyl (C=O) groups is 4. The molecule has 0 bridgehead atoms. The van der Waals surface area contributed by atoms with Gasteiger partial charge in [0.1, 0.15) is 5.78 Å². The van der Waals surface area contributed by atoms with E-state index in [0.29, 0.717) is 71.1 Å². The fourth-order valence-electron chi connectivity index (χ4n) is 12.3. The standard InChI is InChI=1S/C42H66O9/c1-37(2)28(31(43)10-9-20-49-22-24-51-25-23-50-21-13-34(45)48-8)11-14-40(5)33(37)12-15-42(7)35(40)32(44)26-29-30-27-39(4,36(46)47)17-16-38(30,3)18-19-41(29,42)6/h26,28,30,33,35H,9-25,27H2,1-8H3,(H,46,47)/t28-,30+,33+,35-,38-,39+,40+,41-,42-/m1/s1. The summed E-state index contributed by atoms with van der Waals surface area (Å²) >= 11 is 0. The number of hydrogen-bond donors (Lipinski definition) is 1. The molecule has 0 saturated heterocycles. The van der Waals surface area contributed by atoms with Crippen molar-refractivity contribution in [3.05, 3.63) is 11.6 Å². The molecule has 4 saturated carbocycles. The van der Waals surface area contributed by atoms with Crippen molar-refractivity contribution in [1.29, 1.82) is 0 Å². The van der Waals surface area contributed by atoms with Crippen molar-refractivity contribution < 1.29 is 43.2 Å². The number of allylic oxidation sites excluding steroid dienone is 2. The van der Waals surface area contributed by atoms with E-state index in [1.165, 1.54) is 12.7 Å². The molecule has 5 rings (SSSR count). The second kappa shape index (κ2) is 15.0. The molecular formula is C42H66O9. The quantitative estimate of drug-likeness (QED) is 0.135. The Bertz CT molecular complexity index is 1370. The van der Waals surface area contributed by atoms with Gasteiger partial charge < -0.3 is 24.1 Å². The van der Waals surface area contributed by atoms with Gasteiger partial charge >= 0.3 is 11.9 Å². The van der Waals surface area contributed by atoms with Crippen LogP contribution in [-0.4, -0.2) is 75.4 Å². The summed E-state index contributed by atoms with van der Waals surface area (Å²) in [5, 5.41) is 10.2. The number of fused-ring (bicyclic) bond motifs is 7. The molecule has 0 unspecified atom stereocenters. The molecule has 0 aromatic rings. The van der Waals surface area contributed by atoms with Crippen LogP contribution in [0.3, 0.4) is 0 Å². The molecule has 0 amide bonds. The van der Waals surface area contributed by atoms with E-state index >= 15 is 0 Å². The molecule has 9 atom stereocenters. The third-order valence-electron chi connectivity index (χ3n) is 15.6. The third-order valence-corrected chi connectivity index (χ3v) is 15.6. The predicted octanol–water partition coefficient (Wildman–Crippen LogP) is 7.63. The van der Waals surface area contributed by atoms with E-state index < -0.39 is 11.4 Å². The summed E-state index contributed by atoms with van der Waals surface area (Å²) in [6.45, 7) is 18.5. The lowest BCUT2D eigenvalue weighted by molar-refractivity contribution is -0.194. The number of ether oxygens (including phenoxy) is 4. The fourth-order valence-corrected chi connectivity index (χ4v) is 12.3. The zero-order valence-electron chi connectivity index (χ0n) is 32.8. The maximum Gasteiger partial charge on any atom is 0.309 e. The summed E-state index contributed by atoms with van der Waals surface area (Å²) in [6.07, 6.45) is 11.4. The molecule has 5 aliphatic carbocycles.